The Hall–Kier alpha value is -0.0400. The Kier molecular flexibility index (Phi) is 4.00. The summed E-state index contributed by atoms with van der Waals surface area (Å²) in [7, 11) is 0. The normalized spacial score (nSPS) is 32.1. The van der Waals surface area contributed by atoms with Crippen LogP contribution < -0.4 is 5.32 Å². The molecular weight excluding hydrogens is 170 g/mol. The first-order valence-corrected chi connectivity index (χ1v) is 6.12. The van der Waals surface area contributed by atoms with Crippen LogP contribution in [0.2, 0.25) is 0 Å². The lowest BCUT2D eigenvalue weighted by Gasteiger charge is -2.39. The van der Waals surface area contributed by atoms with E-state index in [0.717, 1.165) is 17.9 Å². The molecule has 1 aliphatic rings. The van der Waals surface area contributed by atoms with Crippen LogP contribution in [0.1, 0.15) is 53.9 Å². The third kappa shape index (κ3) is 4.00. The average Bonchev–Trinajstić information content (AvgIpc) is 1.96. The van der Waals surface area contributed by atoms with Crippen LogP contribution >= 0.6 is 0 Å². The van der Waals surface area contributed by atoms with Gasteiger partial charge in [-0.15, -0.1) is 0 Å². The zero-order chi connectivity index (χ0) is 10.8. The molecule has 1 rings (SSSR count). The highest BCUT2D eigenvalue weighted by Gasteiger charge is 2.31. The van der Waals surface area contributed by atoms with Gasteiger partial charge in [0, 0.05) is 6.04 Å². The summed E-state index contributed by atoms with van der Waals surface area (Å²) in [5.41, 5.74) is 0.548. The summed E-state index contributed by atoms with van der Waals surface area (Å²) in [5.74, 6) is 1.67. The van der Waals surface area contributed by atoms with Crippen molar-refractivity contribution in [2.75, 3.05) is 6.54 Å². The molecule has 0 spiro atoms. The van der Waals surface area contributed by atoms with Gasteiger partial charge in [0.1, 0.15) is 0 Å². The van der Waals surface area contributed by atoms with Gasteiger partial charge in [-0.3, -0.25) is 0 Å². The second-order valence-corrected chi connectivity index (χ2v) is 6.41. The molecule has 0 radical (unpaired) electrons. The predicted molar refractivity (Wildman–Crippen MR) is 63.4 cm³/mol. The Morgan fingerprint density at radius 1 is 1.29 bits per heavy atom. The first-order valence-electron chi connectivity index (χ1n) is 6.12. The van der Waals surface area contributed by atoms with Crippen molar-refractivity contribution in [1.82, 2.24) is 5.32 Å². The van der Waals surface area contributed by atoms with Gasteiger partial charge in [-0.2, -0.15) is 0 Å². The third-order valence-corrected chi connectivity index (χ3v) is 3.20. The van der Waals surface area contributed by atoms with E-state index in [1.807, 2.05) is 0 Å². The fraction of sp³-hybridized carbons (Fsp3) is 1.00. The first kappa shape index (κ1) is 12.0. The van der Waals surface area contributed by atoms with Crippen LogP contribution in [0.25, 0.3) is 0 Å². The number of rotatable bonds is 3. The average molecular weight is 197 g/mol. The lowest BCUT2D eigenvalue weighted by molar-refractivity contribution is 0.149. The molecule has 0 heterocycles. The standard InChI is InChI=1S/C13H27N/c1-10(2)9-14-12-6-11(3)7-13(4,5)8-12/h10-12,14H,6-9H2,1-5H3. The van der Waals surface area contributed by atoms with Crippen LogP contribution in [-0.2, 0) is 0 Å². The molecule has 1 heteroatoms. The molecule has 0 aromatic rings. The van der Waals surface area contributed by atoms with Gasteiger partial charge < -0.3 is 5.32 Å². The van der Waals surface area contributed by atoms with Crippen molar-refractivity contribution in [2.45, 2.75) is 59.9 Å². The van der Waals surface area contributed by atoms with Crippen LogP contribution in [0, 0.1) is 17.3 Å². The summed E-state index contributed by atoms with van der Waals surface area (Å²) in [6.45, 7) is 13.0. The van der Waals surface area contributed by atoms with E-state index in [9.17, 15) is 0 Å². The minimum atomic E-state index is 0.548. The Morgan fingerprint density at radius 3 is 2.43 bits per heavy atom. The fourth-order valence-electron chi connectivity index (χ4n) is 2.90. The van der Waals surface area contributed by atoms with Gasteiger partial charge in [0.15, 0.2) is 0 Å². The minimum Gasteiger partial charge on any atom is -0.314 e. The smallest absolute Gasteiger partial charge is 0.00747 e. The Labute approximate surface area is 89.7 Å². The molecule has 2 atom stereocenters. The van der Waals surface area contributed by atoms with Crippen LogP contribution in [0.4, 0.5) is 0 Å². The summed E-state index contributed by atoms with van der Waals surface area (Å²) in [6.07, 6.45) is 4.12. The van der Waals surface area contributed by atoms with Crippen LogP contribution in [0.15, 0.2) is 0 Å². The van der Waals surface area contributed by atoms with Crippen LogP contribution in [0.3, 0.4) is 0 Å². The fourth-order valence-corrected chi connectivity index (χ4v) is 2.90. The molecule has 0 saturated heterocycles. The van der Waals surface area contributed by atoms with Crippen molar-refractivity contribution in [3.63, 3.8) is 0 Å². The number of hydrogen-bond acceptors (Lipinski definition) is 1. The SMILES string of the molecule is CC(C)CNC1CC(C)CC(C)(C)C1. The van der Waals surface area contributed by atoms with Crippen molar-refractivity contribution in [1.29, 1.82) is 0 Å². The monoisotopic (exact) mass is 197 g/mol. The molecule has 0 aromatic carbocycles. The molecule has 1 fully saturated rings. The second-order valence-electron chi connectivity index (χ2n) is 6.41. The molecular formula is C13H27N. The van der Waals surface area contributed by atoms with Crippen molar-refractivity contribution in [3.8, 4) is 0 Å². The molecule has 0 amide bonds. The van der Waals surface area contributed by atoms with E-state index in [-0.39, 0.29) is 0 Å². The van der Waals surface area contributed by atoms with E-state index >= 15 is 0 Å². The van der Waals surface area contributed by atoms with Crippen molar-refractivity contribution in [2.24, 2.45) is 17.3 Å². The quantitative estimate of drug-likeness (QED) is 0.731. The van der Waals surface area contributed by atoms with Gasteiger partial charge in [-0.05, 0) is 43.1 Å². The largest absolute Gasteiger partial charge is 0.314 e. The lowest BCUT2D eigenvalue weighted by atomic mass is 9.70. The number of hydrogen-bond donors (Lipinski definition) is 1. The first-order chi connectivity index (χ1) is 6.39. The van der Waals surface area contributed by atoms with Gasteiger partial charge in [0.05, 0.1) is 0 Å². The summed E-state index contributed by atoms with van der Waals surface area (Å²) >= 11 is 0. The third-order valence-electron chi connectivity index (χ3n) is 3.20. The predicted octanol–water partition coefficient (Wildman–Crippen LogP) is 3.45. The van der Waals surface area contributed by atoms with Gasteiger partial charge in [0.25, 0.3) is 0 Å². The molecule has 1 nitrogen and oxygen atoms in total. The van der Waals surface area contributed by atoms with Crippen molar-refractivity contribution < 1.29 is 0 Å². The van der Waals surface area contributed by atoms with Crippen LogP contribution in [0.5, 0.6) is 0 Å². The maximum Gasteiger partial charge on any atom is 0.00747 e. The summed E-state index contributed by atoms with van der Waals surface area (Å²) in [6, 6.07) is 0.760. The topological polar surface area (TPSA) is 12.0 Å². The van der Waals surface area contributed by atoms with E-state index in [4.69, 9.17) is 0 Å². The van der Waals surface area contributed by atoms with Gasteiger partial charge in [-0.25, -0.2) is 0 Å². The molecule has 0 bridgehead atoms. The Balaban J connectivity index is 2.38. The van der Waals surface area contributed by atoms with E-state index < -0.39 is 0 Å². The Morgan fingerprint density at radius 2 is 1.93 bits per heavy atom. The lowest BCUT2D eigenvalue weighted by Crippen LogP contribution is -2.41. The number of nitrogens with one attached hydrogen (secondary N) is 1. The highest BCUT2D eigenvalue weighted by molar-refractivity contribution is 4.86. The van der Waals surface area contributed by atoms with E-state index in [1.165, 1.54) is 25.8 Å². The summed E-state index contributed by atoms with van der Waals surface area (Å²) < 4.78 is 0. The summed E-state index contributed by atoms with van der Waals surface area (Å²) in [5, 5.41) is 3.71. The molecule has 0 aromatic heterocycles. The molecule has 2 unspecified atom stereocenters. The minimum absolute atomic E-state index is 0.548. The van der Waals surface area contributed by atoms with E-state index in [0.29, 0.717) is 5.41 Å². The zero-order valence-corrected chi connectivity index (χ0v) is 10.6. The zero-order valence-electron chi connectivity index (χ0n) is 10.6. The summed E-state index contributed by atoms with van der Waals surface area (Å²) in [4.78, 5) is 0. The Bertz CT molecular complexity index is 172. The van der Waals surface area contributed by atoms with Gasteiger partial charge >= 0.3 is 0 Å². The second kappa shape index (κ2) is 4.65. The van der Waals surface area contributed by atoms with Crippen molar-refractivity contribution in [3.05, 3.63) is 0 Å². The maximum absolute atomic E-state index is 3.71. The highest BCUT2D eigenvalue weighted by Crippen LogP contribution is 2.38. The maximum atomic E-state index is 3.71. The molecule has 1 N–H and O–H groups in total. The highest BCUT2D eigenvalue weighted by atomic mass is 14.9. The van der Waals surface area contributed by atoms with Gasteiger partial charge in [0.2, 0.25) is 0 Å². The molecule has 1 aliphatic carbocycles. The molecule has 14 heavy (non-hydrogen) atoms. The van der Waals surface area contributed by atoms with Gasteiger partial charge in [-0.1, -0.05) is 34.6 Å². The van der Waals surface area contributed by atoms with E-state index in [2.05, 4.69) is 39.9 Å². The van der Waals surface area contributed by atoms with Crippen molar-refractivity contribution >= 4 is 0 Å². The van der Waals surface area contributed by atoms with E-state index in [1.54, 1.807) is 0 Å². The molecule has 1 saturated carbocycles. The molecule has 0 aliphatic heterocycles. The molecule has 84 valence electrons. The van der Waals surface area contributed by atoms with Crippen LogP contribution in [-0.4, -0.2) is 12.6 Å².